The molecule has 0 unspecified atom stereocenters. The Labute approximate surface area is 157 Å². The maximum absolute atomic E-state index is 12.9. The zero-order chi connectivity index (χ0) is 18.3. The number of anilines is 2. The largest absolute Gasteiger partial charge is 0.397 e. The fraction of sp³-hybridized carbons (Fsp3) is 0. The summed E-state index contributed by atoms with van der Waals surface area (Å²) >= 11 is 2.68. The monoisotopic (exact) mass is 376 g/mol. The molecule has 26 heavy (non-hydrogen) atoms. The van der Waals surface area contributed by atoms with Crippen LogP contribution in [-0.4, -0.2) is 10.8 Å². The van der Waals surface area contributed by atoms with Gasteiger partial charge in [0, 0.05) is 21.4 Å². The van der Waals surface area contributed by atoms with E-state index in [-0.39, 0.29) is 17.2 Å². The highest BCUT2D eigenvalue weighted by atomic mass is 32.1. The average molecular weight is 376 g/mol. The lowest BCUT2D eigenvalue weighted by Gasteiger charge is -2.07. The number of thiophene rings is 2. The molecular weight excluding hydrogens is 364 g/mol. The highest BCUT2D eigenvalue weighted by Gasteiger charge is 2.25. The van der Waals surface area contributed by atoms with E-state index >= 15 is 0 Å². The van der Waals surface area contributed by atoms with Crippen LogP contribution in [0.25, 0.3) is 20.7 Å². The van der Waals surface area contributed by atoms with Gasteiger partial charge >= 0.3 is 0 Å². The molecule has 4 N–H and O–H groups in total. The van der Waals surface area contributed by atoms with E-state index in [1.807, 2.05) is 23.6 Å². The number of nitrogen functional groups attached to an aromatic ring is 2. The Balaban J connectivity index is 2.04. The van der Waals surface area contributed by atoms with E-state index in [4.69, 9.17) is 11.5 Å². The SMILES string of the molecule is N#Cc1c(N)nc2sc(C(=O)c3ccccc3)c(N)c2c1-c1cccs1. The van der Waals surface area contributed by atoms with Crippen molar-refractivity contribution in [1.82, 2.24) is 4.98 Å². The summed E-state index contributed by atoms with van der Waals surface area (Å²) in [7, 11) is 0. The molecule has 4 aromatic rings. The molecule has 5 nitrogen and oxygen atoms in total. The third kappa shape index (κ3) is 2.44. The fourth-order valence-corrected chi connectivity index (χ4v) is 4.70. The standard InChI is InChI=1S/C19H12N4OS2/c20-9-11-13(12-7-4-8-25-12)14-15(21)17(26-19(14)23-18(11)22)16(24)10-5-2-1-3-6-10/h1-8H,21H2,(H2,22,23). The Morgan fingerprint density at radius 3 is 2.54 bits per heavy atom. The summed E-state index contributed by atoms with van der Waals surface area (Å²) < 4.78 is 0. The molecule has 0 aliphatic heterocycles. The number of carbonyl (C=O) groups is 1. The molecule has 0 aliphatic carbocycles. The second-order valence-electron chi connectivity index (χ2n) is 5.56. The van der Waals surface area contributed by atoms with Gasteiger partial charge in [0.1, 0.15) is 27.2 Å². The van der Waals surface area contributed by atoms with E-state index in [0.29, 0.717) is 31.9 Å². The summed E-state index contributed by atoms with van der Waals surface area (Å²) in [6.07, 6.45) is 0. The maximum Gasteiger partial charge on any atom is 0.205 e. The summed E-state index contributed by atoms with van der Waals surface area (Å²) in [5.41, 5.74) is 14.2. The molecule has 4 rings (SSSR count). The number of nitrogens with two attached hydrogens (primary N) is 2. The average Bonchev–Trinajstić information content (AvgIpc) is 3.29. The molecule has 3 heterocycles. The van der Waals surface area contributed by atoms with Crippen molar-refractivity contribution in [1.29, 1.82) is 5.26 Å². The zero-order valence-corrected chi connectivity index (χ0v) is 15.0. The normalized spacial score (nSPS) is 10.7. The van der Waals surface area contributed by atoms with Crippen LogP contribution in [-0.2, 0) is 0 Å². The van der Waals surface area contributed by atoms with Crippen molar-refractivity contribution in [3.05, 3.63) is 63.8 Å². The summed E-state index contributed by atoms with van der Waals surface area (Å²) in [6.45, 7) is 0. The number of aromatic nitrogens is 1. The molecule has 0 bridgehead atoms. The molecule has 0 saturated carbocycles. The summed E-state index contributed by atoms with van der Waals surface area (Å²) in [4.78, 5) is 19.0. The van der Waals surface area contributed by atoms with Gasteiger partial charge in [0.25, 0.3) is 0 Å². The summed E-state index contributed by atoms with van der Waals surface area (Å²) in [5.74, 6) is -0.0244. The first kappa shape index (κ1) is 16.3. The third-order valence-electron chi connectivity index (χ3n) is 4.03. The maximum atomic E-state index is 12.9. The lowest BCUT2D eigenvalue weighted by Crippen LogP contribution is -2.02. The van der Waals surface area contributed by atoms with Gasteiger partial charge in [0.2, 0.25) is 5.78 Å². The summed E-state index contributed by atoms with van der Waals surface area (Å²) in [5, 5.41) is 12.1. The number of benzene rings is 1. The van der Waals surface area contributed by atoms with Crippen LogP contribution in [0.5, 0.6) is 0 Å². The molecule has 3 aromatic heterocycles. The highest BCUT2D eigenvalue weighted by molar-refractivity contribution is 7.21. The van der Waals surface area contributed by atoms with E-state index in [1.54, 1.807) is 24.3 Å². The molecular formula is C19H12N4OS2. The molecule has 0 atom stereocenters. The van der Waals surface area contributed by atoms with Gasteiger partial charge in [-0.25, -0.2) is 4.98 Å². The first-order valence-electron chi connectivity index (χ1n) is 7.67. The quantitative estimate of drug-likeness (QED) is 0.519. The van der Waals surface area contributed by atoms with Gasteiger partial charge in [0.05, 0.1) is 5.69 Å². The van der Waals surface area contributed by atoms with Crippen LogP contribution in [0.1, 0.15) is 20.8 Å². The number of hydrogen-bond acceptors (Lipinski definition) is 7. The number of fused-ring (bicyclic) bond motifs is 1. The third-order valence-corrected chi connectivity index (χ3v) is 6.01. The number of carbonyl (C=O) groups excluding carboxylic acids is 1. The molecule has 0 radical (unpaired) electrons. The van der Waals surface area contributed by atoms with Crippen LogP contribution >= 0.6 is 22.7 Å². The van der Waals surface area contributed by atoms with E-state index in [0.717, 1.165) is 4.88 Å². The minimum atomic E-state index is -0.166. The molecule has 126 valence electrons. The van der Waals surface area contributed by atoms with Gasteiger partial charge in [-0.05, 0) is 11.4 Å². The molecule has 0 spiro atoms. The van der Waals surface area contributed by atoms with Crippen LogP contribution in [0.2, 0.25) is 0 Å². The Morgan fingerprint density at radius 1 is 1.12 bits per heavy atom. The first-order valence-corrected chi connectivity index (χ1v) is 9.36. The van der Waals surface area contributed by atoms with Crippen molar-refractivity contribution in [3.8, 4) is 16.5 Å². The smallest absolute Gasteiger partial charge is 0.205 e. The van der Waals surface area contributed by atoms with Gasteiger partial charge in [-0.3, -0.25) is 4.79 Å². The molecule has 0 saturated heterocycles. The van der Waals surface area contributed by atoms with Crippen molar-refractivity contribution in [2.24, 2.45) is 0 Å². The number of hydrogen-bond donors (Lipinski definition) is 2. The van der Waals surface area contributed by atoms with Crippen molar-refractivity contribution in [2.45, 2.75) is 0 Å². The molecule has 0 fully saturated rings. The number of rotatable bonds is 3. The molecule has 0 aliphatic rings. The number of nitriles is 1. The van der Waals surface area contributed by atoms with E-state index < -0.39 is 0 Å². The Bertz CT molecular complexity index is 1170. The number of nitrogens with zero attached hydrogens (tertiary/aromatic N) is 2. The van der Waals surface area contributed by atoms with E-state index in [9.17, 15) is 10.1 Å². The topological polar surface area (TPSA) is 106 Å². The van der Waals surface area contributed by atoms with Crippen LogP contribution in [0.4, 0.5) is 11.5 Å². The van der Waals surface area contributed by atoms with Crippen molar-refractivity contribution in [2.75, 3.05) is 11.5 Å². The summed E-state index contributed by atoms with van der Waals surface area (Å²) in [6, 6.07) is 14.9. The second kappa shape index (κ2) is 6.26. The lowest BCUT2D eigenvalue weighted by molar-refractivity contribution is 0.104. The molecule has 7 heteroatoms. The predicted octanol–water partition coefficient (Wildman–Crippen LogP) is 4.29. The van der Waals surface area contributed by atoms with Gasteiger partial charge in [-0.15, -0.1) is 22.7 Å². The molecule has 0 amide bonds. The van der Waals surface area contributed by atoms with Crippen LogP contribution < -0.4 is 11.5 Å². The number of ketones is 1. The van der Waals surface area contributed by atoms with Gasteiger partial charge in [0.15, 0.2) is 0 Å². The highest BCUT2D eigenvalue weighted by Crippen LogP contribution is 2.44. The van der Waals surface area contributed by atoms with Crippen molar-refractivity contribution >= 4 is 50.2 Å². The lowest BCUT2D eigenvalue weighted by atomic mass is 10.0. The van der Waals surface area contributed by atoms with Gasteiger partial charge in [-0.1, -0.05) is 36.4 Å². The van der Waals surface area contributed by atoms with Gasteiger partial charge in [-0.2, -0.15) is 5.26 Å². The van der Waals surface area contributed by atoms with E-state index in [2.05, 4.69) is 11.1 Å². The Hall–Kier alpha value is -3.21. The van der Waals surface area contributed by atoms with E-state index in [1.165, 1.54) is 22.7 Å². The van der Waals surface area contributed by atoms with Crippen LogP contribution in [0.15, 0.2) is 47.8 Å². The molecule has 1 aromatic carbocycles. The predicted molar refractivity (Wildman–Crippen MR) is 106 cm³/mol. The Kier molecular flexibility index (Phi) is 3.92. The van der Waals surface area contributed by atoms with Gasteiger partial charge < -0.3 is 11.5 Å². The van der Waals surface area contributed by atoms with Crippen LogP contribution in [0, 0.1) is 11.3 Å². The number of pyridine rings is 1. The minimum Gasteiger partial charge on any atom is -0.397 e. The minimum absolute atomic E-state index is 0.142. The zero-order valence-electron chi connectivity index (χ0n) is 13.4. The van der Waals surface area contributed by atoms with Crippen molar-refractivity contribution < 1.29 is 4.79 Å². The second-order valence-corrected chi connectivity index (χ2v) is 7.50. The van der Waals surface area contributed by atoms with Crippen LogP contribution in [0.3, 0.4) is 0 Å². The Morgan fingerprint density at radius 2 is 1.88 bits per heavy atom. The fourth-order valence-electron chi connectivity index (χ4n) is 2.84. The first-order chi connectivity index (χ1) is 12.6. The van der Waals surface area contributed by atoms with Crippen molar-refractivity contribution in [3.63, 3.8) is 0 Å².